The smallest absolute Gasteiger partial charge is 0.329 e. The highest BCUT2D eigenvalue weighted by molar-refractivity contribution is 5.96. The predicted molar refractivity (Wildman–Crippen MR) is 112 cm³/mol. The van der Waals surface area contributed by atoms with Gasteiger partial charge in [-0.1, -0.05) is 83.8 Å². The minimum Gasteiger partial charge on any atom is -0.507 e. The first-order valence-corrected chi connectivity index (χ1v) is 10.8. The molecule has 1 N–H and O–H groups in total. The summed E-state index contributed by atoms with van der Waals surface area (Å²) in [7, 11) is 0. The van der Waals surface area contributed by atoms with Gasteiger partial charge in [0.15, 0.2) is 0 Å². The van der Waals surface area contributed by atoms with E-state index in [2.05, 4.69) is 13.8 Å². The van der Waals surface area contributed by atoms with Gasteiger partial charge in [0, 0.05) is 6.92 Å². The van der Waals surface area contributed by atoms with Gasteiger partial charge in [0.2, 0.25) is 0 Å². The van der Waals surface area contributed by atoms with Gasteiger partial charge < -0.3 is 9.94 Å². The molecule has 1 atom stereocenters. The molecule has 0 fully saturated rings. The zero-order chi connectivity index (χ0) is 20.8. The first kappa shape index (κ1) is 24.0. The van der Waals surface area contributed by atoms with Gasteiger partial charge in [0.05, 0.1) is 11.6 Å². The summed E-state index contributed by atoms with van der Waals surface area (Å²) in [4.78, 5) is 29.8. The summed E-state index contributed by atoms with van der Waals surface area (Å²) < 4.78 is 0. The van der Waals surface area contributed by atoms with Crippen molar-refractivity contribution >= 4 is 11.9 Å². The van der Waals surface area contributed by atoms with Crippen LogP contribution in [0.2, 0.25) is 0 Å². The summed E-state index contributed by atoms with van der Waals surface area (Å²) in [6.45, 7) is 5.57. The van der Waals surface area contributed by atoms with Crippen LogP contribution in [0.3, 0.4) is 0 Å². The highest BCUT2D eigenvalue weighted by Crippen LogP contribution is 2.23. The Morgan fingerprint density at radius 1 is 0.929 bits per heavy atom. The highest BCUT2D eigenvalue weighted by atomic mass is 16.7. The third kappa shape index (κ3) is 8.77. The zero-order valence-electron chi connectivity index (χ0n) is 17.8. The van der Waals surface area contributed by atoms with E-state index in [0.29, 0.717) is 0 Å². The predicted octanol–water partition coefficient (Wildman–Crippen LogP) is 6.01. The van der Waals surface area contributed by atoms with Gasteiger partial charge in [-0.2, -0.15) is 5.06 Å². The number of rotatable bonds is 13. The Labute approximate surface area is 170 Å². The van der Waals surface area contributed by atoms with E-state index in [1.165, 1.54) is 56.6 Å². The van der Waals surface area contributed by atoms with Crippen molar-refractivity contribution in [1.82, 2.24) is 5.06 Å². The molecular formula is C23H37NO4. The summed E-state index contributed by atoms with van der Waals surface area (Å²) in [5, 5.41) is 11.2. The maximum Gasteiger partial charge on any atom is 0.329 e. The van der Waals surface area contributed by atoms with Crippen molar-refractivity contribution < 1.29 is 19.5 Å². The Morgan fingerprint density at radius 3 is 2.11 bits per heavy atom. The fourth-order valence-electron chi connectivity index (χ4n) is 3.42. The van der Waals surface area contributed by atoms with Crippen LogP contribution in [-0.4, -0.2) is 28.1 Å². The van der Waals surface area contributed by atoms with E-state index in [9.17, 15) is 14.7 Å². The molecule has 1 amide bonds. The number of carbonyl (C=O) groups is 2. The third-order valence-electron chi connectivity index (χ3n) is 4.91. The van der Waals surface area contributed by atoms with Crippen LogP contribution in [0.4, 0.5) is 0 Å². The molecule has 5 nitrogen and oxygen atoms in total. The molecule has 0 heterocycles. The average Bonchev–Trinajstić information content (AvgIpc) is 2.67. The molecule has 0 bridgehead atoms. The fourth-order valence-corrected chi connectivity index (χ4v) is 3.42. The molecular weight excluding hydrogens is 354 g/mol. The normalized spacial score (nSPS) is 11.8. The molecule has 0 aliphatic rings. The molecule has 5 heteroatoms. The van der Waals surface area contributed by atoms with Crippen LogP contribution < -0.4 is 0 Å². The Balaban J connectivity index is 2.68. The summed E-state index contributed by atoms with van der Waals surface area (Å²) in [5.74, 6) is -1.10. The summed E-state index contributed by atoms with van der Waals surface area (Å²) >= 11 is 0. The molecule has 1 rings (SSSR count). The Bertz CT molecular complexity index is 588. The number of benzene rings is 1. The van der Waals surface area contributed by atoms with E-state index in [1.54, 1.807) is 18.2 Å². The maximum atomic E-state index is 12.9. The number of para-hydroxylation sites is 1. The quantitative estimate of drug-likeness (QED) is 0.330. The molecule has 28 heavy (non-hydrogen) atoms. The Kier molecular flexibility index (Phi) is 12.0. The fraction of sp³-hybridized carbons (Fsp3) is 0.652. The maximum absolute atomic E-state index is 12.9. The van der Waals surface area contributed by atoms with Gasteiger partial charge in [0.1, 0.15) is 5.75 Å². The highest BCUT2D eigenvalue weighted by Gasteiger charge is 2.28. The average molecular weight is 392 g/mol. The van der Waals surface area contributed by atoms with Crippen molar-refractivity contribution in [3.8, 4) is 5.75 Å². The number of aromatic hydroxyl groups is 1. The largest absolute Gasteiger partial charge is 0.507 e. The van der Waals surface area contributed by atoms with E-state index in [-0.39, 0.29) is 17.4 Å². The van der Waals surface area contributed by atoms with Crippen molar-refractivity contribution in [3.05, 3.63) is 29.8 Å². The van der Waals surface area contributed by atoms with Crippen molar-refractivity contribution in [2.75, 3.05) is 0 Å². The molecule has 1 aromatic carbocycles. The van der Waals surface area contributed by atoms with Gasteiger partial charge in [-0.05, 0) is 25.0 Å². The number of phenolic OH excluding ortho intramolecular Hbond substituents is 1. The number of unbranched alkanes of at least 4 members (excludes halogenated alkanes) is 7. The van der Waals surface area contributed by atoms with E-state index in [0.717, 1.165) is 32.1 Å². The number of carbonyl (C=O) groups excluding carboxylic acids is 2. The standard InChI is InChI=1S/C23H37NO4/c1-4-6-7-8-9-10-11-12-16-20(15-5-2)24(28-19(3)25)23(27)21-17-13-14-18-22(21)26/h13-14,17-18,20,26H,4-12,15-16H2,1-3H3. The number of nitrogens with zero attached hydrogens (tertiary/aromatic N) is 1. The lowest BCUT2D eigenvalue weighted by Gasteiger charge is -2.29. The molecule has 0 aliphatic carbocycles. The lowest BCUT2D eigenvalue weighted by atomic mass is 10.0. The van der Waals surface area contributed by atoms with Gasteiger partial charge in [-0.15, -0.1) is 0 Å². The first-order valence-electron chi connectivity index (χ1n) is 10.8. The third-order valence-corrected chi connectivity index (χ3v) is 4.91. The second-order valence-corrected chi connectivity index (χ2v) is 7.44. The van der Waals surface area contributed by atoms with Crippen LogP contribution in [0, 0.1) is 0 Å². The van der Waals surface area contributed by atoms with Crippen LogP contribution in [0.5, 0.6) is 5.75 Å². The van der Waals surface area contributed by atoms with Crippen LogP contribution in [0.15, 0.2) is 24.3 Å². The topological polar surface area (TPSA) is 66.8 Å². The Hall–Kier alpha value is -2.04. The van der Waals surface area contributed by atoms with Gasteiger partial charge in [-0.3, -0.25) is 9.59 Å². The lowest BCUT2D eigenvalue weighted by molar-refractivity contribution is -0.184. The summed E-state index contributed by atoms with van der Waals surface area (Å²) in [6, 6.07) is 6.18. The van der Waals surface area contributed by atoms with Crippen LogP contribution >= 0.6 is 0 Å². The van der Waals surface area contributed by atoms with Crippen molar-refractivity contribution in [3.63, 3.8) is 0 Å². The lowest BCUT2D eigenvalue weighted by Crippen LogP contribution is -2.41. The van der Waals surface area contributed by atoms with Gasteiger partial charge >= 0.3 is 5.97 Å². The van der Waals surface area contributed by atoms with E-state index < -0.39 is 11.9 Å². The van der Waals surface area contributed by atoms with Crippen molar-refractivity contribution in [2.24, 2.45) is 0 Å². The Morgan fingerprint density at radius 2 is 1.54 bits per heavy atom. The molecule has 0 spiro atoms. The van der Waals surface area contributed by atoms with Crippen LogP contribution in [0.1, 0.15) is 102 Å². The van der Waals surface area contributed by atoms with Crippen LogP contribution in [0.25, 0.3) is 0 Å². The number of hydrogen-bond acceptors (Lipinski definition) is 4. The molecule has 158 valence electrons. The monoisotopic (exact) mass is 391 g/mol. The first-order chi connectivity index (χ1) is 13.5. The minimum absolute atomic E-state index is 0.105. The number of hydroxylamine groups is 2. The van der Waals surface area contributed by atoms with Crippen molar-refractivity contribution in [1.29, 1.82) is 0 Å². The zero-order valence-corrected chi connectivity index (χ0v) is 17.8. The molecule has 0 aromatic heterocycles. The van der Waals surface area contributed by atoms with Crippen LogP contribution in [-0.2, 0) is 9.63 Å². The molecule has 0 aliphatic heterocycles. The van der Waals surface area contributed by atoms with Crippen molar-refractivity contribution in [2.45, 2.75) is 97.4 Å². The molecule has 0 radical (unpaired) electrons. The van der Waals surface area contributed by atoms with E-state index in [4.69, 9.17) is 4.84 Å². The molecule has 0 saturated heterocycles. The second-order valence-electron chi connectivity index (χ2n) is 7.44. The number of phenols is 1. The molecule has 1 aromatic rings. The number of hydrogen-bond donors (Lipinski definition) is 1. The summed E-state index contributed by atoms with van der Waals surface area (Å²) in [5.41, 5.74) is 0.153. The number of amides is 1. The summed E-state index contributed by atoms with van der Waals surface area (Å²) in [6.07, 6.45) is 12.1. The second kappa shape index (κ2) is 14.0. The SMILES string of the molecule is CCCCCCCCCCC(CCC)N(OC(C)=O)C(=O)c1ccccc1O. The van der Waals surface area contributed by atoms with Gasteiger partial charge in [-0.25, -0.2) is 0 Å². The molecule has 0 saturated carbocycles. The van der Waals surface area contributed by atoms with Gasteiger partial charge in [0.25, 0.3) is 5.91 Å². The minimum atomic E-state index is -0.527. The molecule has 1 unspecified atom stereocenters. The van der Waals surface area contributed by atoms with E-state index in [1.807, 2.05) is 0 Å². The van der Waals surface area contributed by atoms with E-state index >= 15 is 0 Å².